The number of carbonyl (C=O) groups excluding carboxylic acids is 1. The van der Waals surface area contributed by atoms with Gasteiger partial charge in [-0.15, -0.1) is 0 Å². The molecule has 3 aromatic rings. The zero-order valence-corrected chi connectivity index (χ0v) is 19.7. The van der Waals surface area contributed by atoms with E-state index in [0.29, 0.717) is 24.1 Å². The molecule has 1 amide bonds. The van der Waals surface area contributed by atoms with Crippen molar-refractivity contribution in [2.75, 3.05) is 19.7 Å². The summed E-state index contributed by atoms with van der Waals surface area (Å²) in [6, 6.07) is 7.25. The molecule has 0 N–H and O–H groups in total. The van der Waals surface area contributed by atoms with Crippen molar-refractivity contribution in [1.82, 2.24) is 19.4 Å². The van der Waals surface area contributed by atoms with E-state index in [1.165, 1.54) is 17.0 Å². The number of hydrogen-bond donors (Lipinski definition) is 0. The summed E-state index contributed by atoms with van der Waals surface area (Å²) >= 11 is 0. The van der Waals surface area contributed by atoms with Crippen molar-refractivity contribution >= 4 is 17.1 Å². The maximum Gasteiger partial charge on any atom is 0.419 e. The number of halogens is 3. The largest absolute Gasteiger partial charge is 0.493 e. The predicted octanol–water partition coefficient (Wildman–Crippen LogP) is 4.77. The number of alkyl halides is 3. The van der Waals surface area contributed by atoms with E-state index in [0.717, 1.165) is 6.07 Å². The second-order valence-electron chi connectivity index (χ2n) is 9.44. The van der Waals surface area contributed by atoms with Gasteiger partial charge in [0.1, 0.15) is 23.1 Å². The first kappa shape index (κ1) is 24.3. The molecule has 2 aromatic heterocycles. The highest BCUT2D eigenvalue weighted by Gasteiger charge is 2.37. The van der Waals surface area contributed by atoms with Gasteiger partial charge in [-0.2, -0.15) is 18.4 Å². The molecule has 35 heavy (non-hydrogen) atoms. The van der Waals surface area contributed by atoms with E-state index in [4.69, 9.17) is 9.47 Å². The Kier molecular flexibility index (Phi) is 6.09. The molecular weight excluding hydrogens is 463 g/mol. The fraction of sp³-hybridized carbons (Fsp3) is 0.417. The number of rotatable bonds is 4. The molecule has 3 heterocycles. The molecule has 0 unspecified atom stereocenters. The first-order valence-corrected chi connectivity index (χ1v) is 10.9. The molecule has 0 spiro atoms. The summed E-state index contributed by atoms with van der Waals surface area (Å²) in [5, 5.41) is 9.80. The van der Waals surface area contributed by atoms with Gasteiger partial charge in [-0.25, -0.2) is 14.8 Å². The van der Waals surface area contributed by atoms with Gasteiger partial charge < -0.3 is 18.9 Å². The number of hydrogen-bond acceptors (Lipinski definition) is 6. The van der Waals surface area contributed by atoms with Crippen LogP contribution in [0, 0.1) is 17.2 Å². The highest BCUT2D eigenvalue weighted by Crippen LogP contribution is 2.40. The Bertz CT molecular complexity index is 1310. The number of likely N-dealkylation sites (tertiary alicyclic amines) is 1. The summed E-state index contributed by atoms with van der Waals surface area (Å²) in [7, 11) is 1.72. The van der Waals surface area contributed by atoms with Crippen LogP contribution in [-0.2, 0) is 18.0 Å². The van der Waals surface area contributed by atoms with Crippen LogP contribution < -0.4 is 4.74 Å². The summed E-state index contributed by atoms with van der Waals surface area (Å²) in [6.07, 6.45) is -3.43. The van der Waals surface area contributed by atoms with E-state index in [1.54, 1.807) is 44.6 Å². The molecule has 1 aliphatic heterocycles. The summed E-state index contributed by atoms with van der Waals surface area (Å²) in [4.78, 5) is 21.8. The third-order valence-electron chi connectivity index (χ3n) is 5.47. The molecule has 0 bridgehead atoms. The van der Waals surface area contributed by atoms with Crippen molar-refractivity contribution < 1.29 is 27.4 Å². The fourth-order valence-corrected chi connectivity index (χ4v) is 3.79. The SMILES string of the molecule is Cn1ccc2c(-c3ccc(OCC4CN(C(=O)OC(C)(C)C)C4)c(C(F)(F)F)c3)nc(C#N)nc21. The maximum absolute atomic E-state index is 13.9. The van der Waals surface area contributed by atoms with Gasteiger partial charge in [0.15, 0.2) is 0 Å². The Hall–Kier alpha value is -3.81. The van der Waals surface area contributed by atoms with Crippen molar-refractivity contribution in [2.45, 2.75) is 32.5 Å². The van der Waals surface area contributed by atoms with Crippen LogP contribution in [-0.4, -0.2) is 50.8 Å². The second-order valence-corrected chi connectivity index (χ2v) is 9.44. The zero-order valence-electron chi connectivity index (χ0n) is 19.7. The normalized spacial score (nSPS) is 14.5. The molecule has 0 radical (unpaired) electrons. The minimum Gasteiger partial charge on any atom is -0.493 e. The van der Waals surface area contributed by atoms with Crippen molar-refractivity contribution in [3.05, 3.63) is 41.9 Å². The van der Waals surface area contributed by atoms with E-state index in [2.05, 4.69) is 9.97 Å². The second kappa shape index (κ2) is 8.76. The minimum atomic E-state index is -4.67. The third kappa shape index (κ3) is 5.16. The van der Waals surface area contributed by atoms with E-state index in [-0.39, 0.29) is 35.4 Å². The number of nitrogens with zero attached hydrogens (tertiary/aromatic N) is 5. The lowest BCUT2D eigenvalue weighted by Crippen LogP contribution is -2.53. The highest BCUT2D eigenvalue weighted by molar-refractivity contribution is 5.91. The van der Waals surface area contributed by atoms with E-state index in [9.17, 15) is 23.2 Å². The number of aromatic nitrogens is 3. The van der Waals surface area contributed by atoms with E-state index >= 15 is 0 Å². The first-order valence-electron chi connectivity index (χ1n) is 10.9. The number of aryl methyl sites for hydroxylation is 1. The molecule has 0 atom stereocenters. The quantitative estimate of drug-likeness (QED) is 0.526. The third-order valence-corrected chi connectivity index (χ3v) is 5.47. The van der Waals surface area contributed by atoms with Crippen molar-refractivity contribution in [3.8, 4) is 23.1 Å². The molecule has 1 aliphatic rings. The van der Waals surface area contributed by atoms with Gasteiger partial charge >= 0.3 is 12.3 Å². The number of benzene rings is 1. The Morgan fingerprint density at radius 1 is 1.20 bits per heavy atom. The summed E-state index contributed by atoms with van der Waals surface area (Å²) in [5.74, 6) is -0.550. The van der Waals surface area contributed by atoms with Crippen LogP contribution in [0.4, 0.5) is 18.0 Å². The topological polar surface area (TPSA) is 93.3 Å². The molecule has 1 fully saturated rings. The molecule has 184 valence electrons. The van der Waals surface area contributed by atoms with Gasteiger partial charge in [-0.05, 0) is 45.0 Å². The van der Waals surface area contributed by atoms with Crippen molar-refractivity contribution in [2.24, 2.45) is 13.0 Å². The van der Waals surface area contributed by atoms with Gasteiger partial charge in [0.05, 0.1) is 17.9 Å². The standard InChI is InChI=1S/C24H24F3N5O3/c1-23(2,3)35-22(33)32-11-14(12-32)13-34-18-6-5-15(9-17(18)24(25,26)27)20-16-7-8-31(4)21(16)30-19(10-28)29-20/h5-9,14H,11-13H2,1-4H3. The van der Waals surface area contributed by atoms with Crippen LogP contribution in [0.3, 0.4) is 0 Å². The number of amides is 1. The van der Waals surface area contributed by atoms with E-state index < -0.39 is 23.4 Å². The zero-order chi connectivity index (χ0) is 25.5. The van der Waals surface area contributed by atoms with Gasteiger partial charge in [0, 0.05) is 43.2 Å². The molecule has 11 heteroatoms. The van der Waals surface area contributed by atoms with Crippen LogP contribution in [0.1, 0.15) is 32.2 Å². The lowest BCUT2D eigenvalue weighted by Gasteiger charge is -2.39. The highest BCUT2D eigenvalue weighted by atomic mass is 19.4. The maximum atomic E-state index is 13.9. The average Bonchev–Trinajstić information content (AvgIpc) is 3.10. The summed E-state index contributed by atoms with van der Waals surface area (Å²) < 4.78 is 54.2. The van der Waals surface area contributed by atoms with Crippen molar-refractivity contribution in [3.63, 3.8) is 0 Å². The summed E-state index contributed by atoms with van der Waals surface area (Å²) in [6.45, 7) is 6.00. The van der Waals surface area contributed by atoms with Crippen LogP contribution in [0.5, 0.6) is 5.75 Å². The fourth-order valence-electron chi connectivity index (χ4n) is 3.79. The predicted molar refractivity (Wildman–Crippen MR) is 120 cm³/mol. The van der Waals surface area contributed by atoms with Gasteiger partial charge in [0.25, 0.3) is 0 Å². The number of fused-ring (bicyclic) bond motifs is 1. The van der Waals surface area contributed by atoms with Crippen LogP contribution in [0.2, 0.25) is 0 Å². The Morgan fingerprint density at radius 3 is 2.54 bits per heavy atom. The number of carbonyl (C=O) groups is 1. The van der Waals surface area contributed by atoms with Crippen LogP contribution >= 0.6 is 0 Å². The van der Waals surface area contributed by atoms with Gasteiger partial charge in [-0.1, -0.05) is 0 Å². The van der Waals surface area contributed by atoms with E-state index in [1.807, 2.05) is 6.07 Å². The monoisotopic (exact) mass is 487 g/mol. The number of nitriles is 1. The molecule has 0 aliphatic carbocycles. The molecule has 1 aromatic carbocycles. The Balaban J connectivity index is 1.54. The number of ether oxygens (including phenoxy) is 2. The Labute approximate surface area is 199 Å². The van der Waals surface area contributed by atoms with Crippen LogP contribution in [0.15, 0.2) is 30.5 Å². The molecule has 1 saturated heterocycles. The molecule has 8 nitrogen and oxygen atoms in total. The lowest BCUT2D eigenvalue weighted by molar-refractivity contribution is -0.139. The Morgan fingerprint density at radius 2 is 1.91 bits per heavy atom. The average molecular weight is 487 g/mol. The molecule has 4 rings (SSSR count). The minimum absolute atomic E-state index is 0.0245. The van der Waals surface area contributed by atoms with Gasteiger partial charge in [0.2, 0.25) is 5.82 Å². The lowest BCUT2D eigenvalue weighted by atomic mass is 10.0. The smallest absolute Gasteiger partial charge is 0.419 e. The molecular formula is C24H24F3N5O3. The first-order chi connectivity index (χ1) is 16.4. The molecule has 0 saturated carbocycles. The summed E-state index contributed by atoms with van der Waals surface area (Å²) in [5.41, 5.74) is -0.694. The van der Waals surface area contributed by atoms with Gasteiger partial charge in [-0.3, -0.25) is 0 Å². The van der Waals surface area contributed by atoms with Crippen molar-refractivity contribution in [1.29, 1.82) is 5.26 Å². The van der Waals surface area contributed by atoms with Crippen LogP contribution in [0.25, 0.3) is 22.3 Å².